The number of benzene rings is 2. The van der Waals surface area contributed by atoms with Crippen LogP contribution in [0.4, 0.5) is 0 Å². The van der Waals surface area contributed by atoms with Gasteiger partial charge in [-0.1, -0.05) is 34.1 Å². The Bertz CT molecular complexity index is 579. The number of hydrogen-bond acceptors (Lipinski definition) is 3. The summed E-state index contributed by atoms with van der Waals surface area (Å²) in [5, 5.41) is 19.7. The van der Waals surface area contributed by atoms with E-state index in [1.54, 1.807) is 24.3 Å². The van der Waals surface area contributed by atoms with Gasteiger partial charge in [0, 0.05) is 15.6 Å². The molecule has 0 unspecified atom stereocenters. The Hall–Kier alpha value is -1.81. The zero-order valence-electron chi connectivity index (χ0n) is 8.72. The van der Waals surface area contributed by atoms with Crippen molar-refractivity contribution in [2.45, 2.75) is 0 Å². The van der Waals surface area contributed by atoms with Crippen molar-refractivity contribution in [3.05, 3.63) is 46.4 Å². The molecule has 0 saturated carbocycles. The molecule has 86 valence electrons. The number of rotatable bonds is 2. The quantitative estimate of drug-likeness (QED) is 0.835. The van der Waals surface area contributed by atoms with Crippen molar-refractivity contribution in [1.82, 2.24) is 0 Å². The van der Waals surface area contributed by atoms with Gasteiger partial charge in [0.1, 0.15) is 11.5 Å². The van der Waals surface area contributed by atoms with E-state index in [4.69, 9.17) is 0 Å². The van der Waals surface area contributed by atoms with E-state index in [-0.39, 0.29) is 17.1 Å². The van der Waals surface area contributed by atoms with Gasteiger partial charge < -0.3 is 10.2 Å². The largest absolute Gasteiger partial charge is 0.507 e. The fourth-order valence-electron chi connectivity index (χ4n) is 1.62. The van der Waals surface area contributed by atoms with Crippen molar-refractivity contribution in [2.24, 2.45) is 0 Å². The van der Waals surface area contributed by atoms with Crippen LogP contribution >= 0.6 is 15.9 Å². The molecule has 2 N–H and O–H groups in total. The highest BCUT2D eigenvalue weighted by Crippen LogP contribution is 2.38. The predicted octanol–water partition coefficient (Wildman–Crippen LogP) is 3.34. The van der Waals surface area contributed by atoms with Crippen LogP contribution in [0.1, 0.15) is 10.4 Å². The van der Waals surface area contributed by atoms with Gasteiger partial charge >= 0.3 is 0 Å². The number of phenols is 2. The maximum Gasteiger partial charge on any atom is 0.153 e. The average Bonchev–Trinajstić information content (AvgIpc) is 2.32. The van der Waals surface area contributed by atoms with E-state index in [1.165, 1.54) is 12.1 Å². The average molecular weight is 293 g/mol. The summed E-state index contributed by atoms with van der Waals surface area (Å²) in [6.45, 7) is 0. The van der Waals surface area contributed by atoms with Gasteiger partial charge in [0.2, 0.25) is 0 Å². The van der Waals surface area contributed by atoms with E-state index < -0.39 is 0 Å². The van der Waals surface area contributed by atoms with Gasteiger partial charge in [-0.3, -0.25) is 4.79 Å². The highest BCUT2D eigenvalue weighted by atomic mass is 79.9. The first-order valence-electron chi connectivity index (χ1n) is 4.89. The standard InChI is InChI=1S/C13H9BrO3/c14-9-5-8(7-15)13(17)11(6-9)10-3-1-2-4-12(10)16/h1-7,16-17H. The van der Waals surface area contributed by atoms with Crippen molar-refractivity contribution in [2.75, 3.05) is 0 Å². The van der Waals surface area contributed by atoms with E-state index >= 15 is 0 Å². The van der Waals surface area contributed by atoms with Crippen LogP contribution in [0, 0.1) is 0 Å². The molecule has 3 nitrogen and oxygen atoms in total. The van der Waals surface area contributed by atoms with Crippen LogP contribution < -0.4 is 0 Å². The van der Waals surface area contributed by atoms with Crippen LogP contribution in [0.15, 0.2) is 40.9 Å². The fourth-order valence-corrected chi connectivity index (χ4v) is 2.09. The molecule has 2 rings (SSSR count). The van der Waals surface area contributed by atoms with Gasteiger partial charge in [-0.25, -0.2) is 0 Å². The molecule has 0 spiro atoms. The molecule has 0 aliphatic rings. The number of phenolic OH excluding ortho intramolecular Hbond substituents is 2. The van der Waals surface area contributed by atoms with E-state index in [1.807, 2.05) is 0 Å². The molecule has 0 aliphatic carbocycles. The maximum atomic E-state index is 10.8. The first kappa shape index (κ1) is 11.7. The van der Waals surface area contributed by atoms with Gasteiger partial charge in [-0.15, -0.1) is 0 Å². The van der Waals surface area contributed by atoms with Crippen molar-refractivity contribution in [3.8, 4) is 22.6 Å². The molecular weight excluding hydrogens is 284 g/mol. The first-order chi connectivity index (χ1) is 8.13. The molecule has 0 radical (unpaired) electrons. The lowest BCUT2D eigenvalue weighted by atomic mass is 10.0. The van der Waals surface area contributed by atoms with E-state index in [2.05, 4.69) is 15.9 Å². The topological polar surface area (TPSA) is 57.5 Å². The smallest absolute Gasteiger partial charge is 0.153 e. The first-order valence-corrected chi connectivity index (χ1v) is 5.69. The normalized spacial score (nSPS) is 10.2. The Morgan fingerprint density at radius 2 is 1.76 bits per heavy atom. The van der Waals surface area contributed by atoms with E-state index in [9.17, 15) is 15.0 Å². The summed E-state index contributed by atoms with van der Waals surface area (Å²) in [4.78, 5) is 10.8. The molecule has 0 aromatic heterocycles. The summed E-state index contributed by atoms with van der Waals surface area (Å²) >= 11 is 3.26. The molecule has 0 aliphatic heterocycles. The second kappa shape index (κ2) is 4.59. The Balaban J connectivity index is 2.72. The van der Waals surface area contributed by atoms with Crippen molar-refractivity contribution < 1.29 is 15.0 Å². The third kappa shape index (κ3) is 2.17. The summed E-state index contributed by atoms with van der Waals surface area (Å²) in [7, 11) is 0. The predicted molar refractivity (Wildman–Crippen MR) is 68.3 cm³/mol. The number of halogens is 1. The van der Waals surface area contributed by atoms with Crippen molar-refractivity contribution >= 4 is 22.2 Å². The molecule has 0 atom stereocenters. The zero-order chi connectivity index (χ0) is 12.4. The number of carbonyl (C=O) groups is 1. The highest BCUT2D eigenvalue weighted by Gasteiger charge is 2.13. The second-order valence-electron chi connectivity index (χ2n) is 3.53. The number of hydrogen-bond donors (Lipinski definition) is 2. The Morgan fingerprint density at radius 3 is 2.41 bits per heavy atom. The summed E-state index contributed by atoms with van der Waals surface area (Å²) < 4.78 is 0.663. The third-order valence-corrected chi connectivity index (χ3v) is 2.88. The number of aldehydes is 1. The molecule has 0 saturated heterocycles. The highest BCUT2D eigenvalue weighted by molar-refractivity contribution is 9.10. The summed E-state index contributed by atoms with van der Waals surface area (Å²) in [6.07, 6.45) is 0.573. The summed E-state index contributed by atoms with van der Waals surface area (Å²) in [5.74, 6) is -0.0811. The number of aromatic hydroxyl groups is 2. The minimum atomic E-state index is -0.135. The molecule has 17 heavy (non-hydrogen) atoms. The van der Waals surface area contributed by atoms with Crippen LogP contribution in [-0.4, -0.2) is 16.5 Å². The lowest BCUT2D eigenvalue weighted by Gasteiger charge is -2.09. The van der Waals surface area contributed by atoms with Gasteiger partial charge in [-0.2, -0.15) is 0 Å². The molecule has 0 heterocycles. The van der Waals surface area contributed by atoms with Crippen LogP contribution in [0.2, 0.25) is 0 Å². The monoisotopic (exact) mass is 292 g/mol. The van der Waals surface area contributed by atoms with Gasteiger partial charge in [0.05, 0.1) is 5.56 Å². The molecule has 0 fully saturated rings. The Morgan fingerprint density at radius 1 is 1.06 bits per heavy atom. The zero-order valence-corrected chi connectivity index (χ0v) is 10.3. The minimum absolute atomic E-state index is 0.0535. The minimum Gasteiger partial charge on any atom is -0.507 e. The van der Waals surface area contributed by atoms with Gasteiger partial charge in [-0.05, 0) is 18.2 Å². The van der Waals surface area contributed by atoms with Crippen LogP contribution in [0.25, 0.3) is 11.1 Å². The molecule has 0 amide bonds. The van der Waals surface area contributed by atoms with E-state index in [0.29, 0.717) is 21.9 Å². The molecule has 2 aromatic rings. The summed E-state index contributed by atoms with van der Waals surface area (Å²) in [6, 6.07) is 9.80. The fraction of sp³-hybridized carbons (Fsp3) is 0. The molecular formula is C13H9BrO3. The second-order valence-corrected chi connectivity index (χ2v) is 4.44. The maximum absolute atomic E-state index is 10.8. The van der Waals surface area contributed by atoms with E-state index in [0.717, 1.165) is 0 Å². The lowest BCUT2D eigenvalue weighted by molar-refractivity contribution is 0.112. The van der Waals surface area contributed by atoms with Crippen molar-refractivity contribution in [3.63, 3.8) is 0 Å². The van der Waals surface area contributed by atoms with Crippen LogP contribution in [0.3, 0.4) is 0 Å². The van der Waals surface area contributed by atoms with Gasteiger partial charge in [0.15, 0.2) is 6.29 Å². The number of carbonyl (C=O) groups excluding carboxylic acids is 1. The Labute approximate surface area is 106 Å². The Kier molecular flexibility index (Phi) is 3.15. The van der Waals surface area contributed by atoms with Crippen molar-refractivity contribution in [1.29, 1.82) is 0 Å². The lowest BCUT2D eigenvalue weighted by Crippen LogP contribution is -1.87. The molecule has 0 bridgehead atoms. The summed E-state index contributed by atoms with van der Waals surface area (Å²) in [5.41, 5.74) is 1.08. The van der Waals surface area contributed by atoms with Crippen LogP contribution in [0.5, 0.6) is 11.5 Å². The molecule has 4 heteroatoms. The number of para-hydroxylation sites is 1. The molecule has 2 aromatic carbocycles. The van der Waals surface area contributed by atoms with Crippen LogP contribution in [-0.2, 0) is 0 Å². The van der Waals surface area contributed by atoms with Gasteiger partial charge in [0.25, 0.3) is 0 Å². The SMILES string of the molecule is O=Cc1cc(Br)cc(-c2ccccc2O)c1O. The third-order valence-electron chi connectivity index (χ3n) is 2.43.